The number of alkyl halides is 3. The van der Waals surface area contributed by atoms with Gasteiger partial charge >= 0.3 is 6.18 Å². The van der Waals surface area contributed by atoms with E-state index in [4.69, 9.17) is 22.1 Å². The fourth-order valence-corrected chi connectivity index (χ4v) is 1.65. The van der Waals surface area contributed by atoms with E-state index in [0.29, 0.717) is 11.1 Å². The van der Waals surface area contributed by atoms with Crippen LogP contribution in [0.15, 0.2) is 52.3 Å². The first-order valence-corrected chi connectivity index (χ1v) is 6.75. The van der Waals surface area contributed by atoms with Crippen molar-refractivity contribution in [3.05, 3.63) is 58.5 Å². The van der Waals surface area contributed by atoms with Crippen LogP contribution < -0.4 is 5.73 Å². The van der Waals surface area contributed by atoms with Crippen LogP contribution in [0.1, 0.15) is 18.1 Å². The third kappa shape index (κ3) is 5.86. The van der Waals surface area contributed by atoms with Crippen LogP contribution in [0.3, 0.4) is 0 Å². The van der Waals surface area contributed by atoms with Gasteiger partial charge in [0.25, 0.3) is 6.02 Å². The van der Waals surface area contributed by atoms with E-state index >= 15 is 0 Å². The van der Waals surface area contributed by atoms with E-state index in [0.717, 1.165) is 12.1 Å². The summed E-state index contributed by atoms with van der Waals surface area (Å²) in [6, 6.07) is 4.69. The van der Waals surface area contributed by atoms with E-state index in [9.17, 15) is 13.2 Å². The predicted molar refractivity (Wildman–Crippen MR) is 82.6 cm³/mol. The van der Waals surface area contributed by atoms with Crippen LogP contribution in [-0.4, -0.2) is 13.1 Å². The Morgan fingerprint density at radius 1 is 1.39 bits per heavy atom. The lowest BCUT2D eigenvalue weighted by Crippen LogP contribution is -2.13. The summed E-state index contributed by atoms with van der Waals surface area (Å²) in [6.07, 6.45) is -4.40. The van der Waals surface area contributed by atoms with E-state index in [2.05, 4.69) is 16.3 Å². The van der Waals surface area contributed by atoms with E-state index < -0.39 is 11.7 Å². The van der Waals surface area contributed by atoms with Gasteiger partial charge in [0.05, 0.1) is 12.7 Å². The number of amidine groups is 1. The Morgan fingerprint density at radius 2 is 2.04 bits per heavy atom. The van der Waals surface area contributed by atoms with E-state index in [1.165, 1.54) is 19.2 Å². The summed E-state index contributed by atoms with van der Waals surface area (Å²) in [4.78, 5) is 3.75. The normalized spacial score (nSPS) is 13.4. The topological polar surface area (TPSA) is 56.8 Å². The molecule has 2 N–H and O–H groups in total. The van der Waals surface area contributed by atoms with Gasteiger partial charge < -0.3 is 15.2 Å². The number of nitrogens with two attached hydrogens (primary N) is 1. The fraction of sp³-hybridized carbons (Fsp3) is 0.267. The second-order valence-electron chi connectivity index (χ2n) is 4.48. The summed E-state index contributed by atoms with van der Waals surface area (Å²) in [7, 11) is 1.33. The molecule has 0 bridgehead atoms. The van der Waals surface area contributed by atoms with Gasteiger partial charge in [-0.3, -0.25) is 0 Å². The average molecular weight is 349 g/mol. The Balaban J connectivity index is 2.79. The molecule has 0 radical (unpaired) electrons. The molecule has 1 aromatic rings. The Bertz CT molecular complexity index is 640. The molecule has 8 heteroatoms. The number of methoxy groups -OCH3 is 1. The average Bonchev–Trinajstić information content (AvgIpc) is 2.51. The minimum Gasteiger partial charge on any atom is -0.489 e. The second kappa shape index (κ2) is 7.92. The number of aliphatic imine (C=N–C) groups is 1. The Kier molecular flexibility index (Phi) is 6.50. The van der Waals surface area contributed by atoms with Crippen molar-refractivity contribution in [2.75, 3.05) is 7.11 Å². The van der Waals surface area contributed by atoms with Gasteiger partial charge in [0.15, 0.2) is 0 Å². The number of hydrogen-bond acceptors (Lipinski definition) is 3. The SMILES string of the molecule is C=C(OCc1cccc(C(F)(F)F)c1)/C(C)=C(Cl)\N=C(/N)OC. The van der Waals surface area contributed by atoms with Gasteiger partial charge in [-0.2, -0.15) is 18.2 Å². The Morgan fingerprint density at radius 3 is 2.61 bits per heavy atom. The van der Waals surface area contributed by atoms with Crippen molar-refractivity contribution >= 4 is 17.6 Å². The monoisotopic (exact) mass is 348 g/mol. The predicted octanol–water partition coefficient (Wildman–Crippen LogP) is 4.17. The number of hydrogen-bond donors (Lipinski definition) is 1. The van der Waals surface area contributed by atoms with Crippen molar-refractivity contribution in [3.63, 3.8) is 0 Å². The van der Waals surface area contributed by atoms with Crippen LogP contribution in [0, 0.1) is 0 Å². The fourth-order valence-electron chi connectivity index (χ4n) is 1.46. The highest BCUT2D eigenvalue weighted by molar-refractivity contribution is 6.30. The Labute approximate surface area is 137 Å². The minimum absolute atomic E-state index is 0.0124. The molecule has 0 saturated heterocycles. The van der Waals surface area contributed by atoms with Gasteiger partial charge in [-0.15, -0.1) is 0 Å². The highest BCUT2D eigenvalue weighted by atomic mass is 35.5. The zero-order valence-electron chi connectivity index (χ0n) is 12.6. The first kappa shape index (κ1) is 18.9. The number of nitrogens with zero attached hydrogens (tertiary/aromatic N) is 1. The van der Waals surface area contributed by atoms with Gasteiger partial charge in [0, 0.05) is 5.57 Å². The molecule has 0 aliphatic carbocycles. The number of rotatable bonds is 5. The molecule has 0 aromatic heterocycles. The van der Waals surface area contributed by atoms with Crippen LogP contribution in [0.4, 0.5) is 13.2 Å². The summed E-state index contributed by atoms with van der Waals surface area (Å²) in [5.41, 5.74) is 5.36. The molecule has 0 fully saturated rings. The molecule has 0 amide bonds. The Hall–Kier alpha value is -2.15. The third-order valence-electron chi connectivity index (χ3n) is 2.81. The maximum atomic E-state index is 12.6. The molecule has 23 heavy (non-hydrogen) atoms. The molecule has 0 atom stereocenters. The molecule has 0 heterocycles. The quantitative estimate of drug-likeness (QED) is 0.286. The van der Waals surface area contributed by atoms with Crippen molar-refractivity contribution in [1.29, 1.82) is 0 Å². The number of halogens is 4. The maximum absolute atomic E-state index is 12.6. The molecule has 0 aliphatic rings. The maximum Gasteiger partial charge on any atom is 0.416 e. The van der Waals surface area contributed by atoms with Crippen molar-refractivity contribution in [1.82, 2.24) is 0 Å². The molecule has 1 rings (SSSR count). The molecule has 0 aliphatic heterocycles. The molecular weight excluding hydrogens is 333 g/mol. The van der Waals surface area contributed by atoms with E-state index in [1.807, 2.05) is 0 Å². The van der Waals surface area contributed by atoms with Crippen molar-refractivity contribution in [3.8, 4) is 0 Å². The first-order chi connectivity index (χ1) is 10.6. The lowest BCUT2D eigenvalue weighted by atomic mass is 10.1. The van der Waals surface area contributed by atoms with Crippen LogP contribution in [0.25, 0.3) is 0 Å². The molecule has 126 valence electrons. The number of ether oxygens (including phenoxy) is 2. The van der Waals surface area contributed by atoms with E-state index in [-0.39, 0.29) is 23.5 Å². The zero-order valence-corrected chi connectivity index (χ0v) is 13.3. The van der Waals surface area contributed by atoms with Gasteiger partial charge in [0.2, 0.25) is 0 Å². The minimum atomic E-state index is -4.40. The summed E-state index contributed by atoms with van der Waals surface area (Å²) < 4.78 is 47.9. The summed E-state index contributed by atoms with van der Waals surface area (Å²) in [5.74, 6) is 0.167. The van der Waals surface area contributed by atoms with Crippen molar-refractivity contribution in [2.24, 2.45) is 10.7 Å². The lowest BCUT2D eigenvalue weighted by molar-refractivity contribution is -0.137. The molecule has 0 unspecified atom stereocenters. The molecule has 4 nitrogen and oxygen atoms in total. The lowest BCUT2D eigenvalue weighted by Gasteiger charge is -2.12. The molecule has 0 saturated carbocycles. The van der Waals surface area contributed by atoms with Crippen LogP contribution >= 0.6 is 11.6 Å². The largest absolute Gasteiger partial charge is 0.489 e. The summed E-state index contributed by atoms with van der Waals surface area (Å²) >= 11 is 5.91. The molecular formula is C15H16ClF3N2O2. The van der Waals surface area contributed by atoms with Gasteiger partial charge in [0.1, 0.15) is 17.5 Å². The van der Waals surface area contributed by atoms with Crippen LogP contribution in [0.2, 0.25) is 0 Å². The summed E-state index contributed by atoms with van der Waals surface area (Å²) in [6.45, 7) is 5.15. The highest BCUT2D eigenvalue weighted by Crippen LogP contribution is 2.30. The van der Waals surface area contributed by atoms with Crippen LogP contribution in [-0.2, 0) is 22.3 Å². The van der Waals surface area contributed by atoms with Gasteiger partial charge in [-0.05, 0) is 24.6 Å². The second-order valence-corrected chi connectivity index (χ2v) is 4.84. The van der Waals surface area contributed by atoms with E-state index in [1.54, 1.807) is 6.92 Å². The van der Waals surface area contributed by atoms with Gasteiger partial charge in [-0.25, -0.2) is 0 Å². The molecule has 1 aromatic carbocycles. The van der Waals surface area contributed by atoms with Crippen LogP contribution in [0.5, 0.6) is 0 Å². The number of allylic oxidation sites excluding steroid dienone is 1. The van der Waals surface area contributed by atoms with Gasteiger partial charge in [-0.1, -0.05) is 30.3 Å². The summed E-state index contributed by atoms with van der Waals surface area (Å²) in [5, 5.41) is 0.0124. The zero-order chi connectivity index (χ0) is 17.6. The third-order valence-corrected chi connectivity index (χ3v) is 3.18. The highest BCUT2D eigenvalue weighted by Gasteiger charge is 2.30. The molecule has 0 spiro atoms. The van der Waals surface area contributed by atoms with Crippen molar-refractivity contribution in [2.45, 2.75) is 19.7 Å². The number of benzene rings is 1. The van der Waals surface area contributed by atoms with Crippen molar-refractivity contribution < 1.29 is 22.6 Å². The first-order valence-electron chi connectivity index (χ1n) is 6.38. The standard InChI is InChI=1S/C15H16ClF3N2O2/c1-9(13(16)21-14(20)22-3)10(2)23-8-11-5-4-6-12(7-11)15(17,18)19/h4-7H,2,8H2,1,3H3,(H2,20,21)/b13-9-. The smallest absolute Gasteiger partial charge is 0.416 e.